The highest BCUT2D eigenvalue weighted by atomic mass is 79.9. The van der Waals surface area contributed by atoms with Gasteiger partial charge in [0.25, 0.3) is 0 Å². The number of carbonyl (C=O) groups is 1. The van der Waals surface area contributed by atoms with Crippen molar-refractivity contribution in [1.29, 1.82) is 0 Å². The zero-order valence-electron chi connectivity index (χ0n) is 9.30. The molecule has 0 saturated heterocycles. The summed E-state index contributed by atoms with van der Waals surface area (Å²) < 4.78 is 18.3. The fraction of sp³-hybridized carbons (Fsp3) is 0.417. The van der Waals surface area contributed by atoms with E-state index in [-0.39, 0.29) is 17.5 Å². The Morgan fingerprint density at radius 2 is 2.25 bits per heavy atom. The molecule has 0 fully saturated rings. The van der Waals surface area contributed by atoms with E-state index in [4.69, 9.17) is 4.74 Å². The molecule has 0 bridgehead atoms. The lowest BCUT2D eigenvalue weighted by atomic mass is 9.97. The number of Topliss-reactive ketones (excluding diaryl/α,β-unsaturated/α-hetero) is 1. The van der Waals surface area contributed by atoms with Gasteiger partial charge in [-0.2, -0.15) is 0 Å². The zero-order chi connectivity index (χ0) is 12.1. The second-order valence-corrected chi connectivity index (χ2v) is 4.53. The van der Waals surface area contributed by atoms with Crippen molar-refractivity contribution in [3.63, 3.8) is 0 Å². The van der Waals surface area contributed by atoms with Crippen LogP contribution in [-0.4, -0.2) is 19.5 Å². The maximum atomic E-state index is 12.9. The summed E-state index contributed by atoms with van der Waals surface area (Å²) in [5, 5.41) is 0. The van der Waals surface area contributed by atoms with Crippen LogP contribution in [0.5, 0.6) is 0 Å². The minimum Gasteiger partial charge on any atom is -0.385 e. The van der Waals surface area contributed by atoms with Gasteiger partial charge >= 0.3 is 0 Å². The van der Waals surface area contributed by atoms with E-state index in [1.54, 1.807) is 7.11 Å². The van der Waals surface area contributed by atoms with Gasteiger partial charge in [0.15, 0.2) is 5.78 Å². The SMILES string of the molecule is COCCC(C)C(=O)c1ccc(F)cc1Br. The molecule has 1 rings (SSSR count). The van der Waals surface area contributed by atoms with Crippen molar-refractivity contribution in [2.75, 3.05) is 13.7 Å². The second-order valence-electron chi connectivity index (χ2n) is 3.67. The molecule has 0 amide bonds. The monoisotopic (exact) mass is 288 g/mol. The molecule has 0 N–H and O–H groups in total. The Kier molecular flexibility index (Phi) is 5.09. The number of benzene rings is 1. The van der Waals surface area contributed by atoms with Gasteiger partial charge in [0.2, 0.25) is 0 Å². The number of ketones is 1. The zero-order valence-corrected chi connectivity index (χ0v) is 10.9. The first kappa shape index (κ1) is 13.3. The molecular weight excluding hydrogens is 275 g/mol. The Morgan fingerprint density at radius 1 is 1.56 bits per heavy atom. The van der Waals surface area contributed by atoms with Crippen LogP contribution < -0.4 is 0 Å². The molecule has 0 spiro atoms. The van der Waals surface area contributed by atoms with Crippen LogP contribution in [0.3, 0.4) is 0 Å². The molecule has 0 heterocycles. The van der Waals surface area contributed by atoms with Crippen molar-refractivity contribution >= 4 is 21.7 Å². The summed E-state index contributed by atoms with van der Waals surface area (Å²) in [6.07, 6.45) is 0.666. The lowest BCUT2D eigenvalue weighted by Crippen LogP contribution is -2.14. The fourth-order valence-electron chi connectivity index (χ4n) is 1.38. The normalized spacial score (nSPS) is 12.5. The van der Waals surface area contributed by atoms with Gasteiger partial charge < -0.3 is 4.74 Å². The third-order valence-electron chi connectivity index (χ3n) is 2.40. The van der Waals surface area contributed by atoms with Crippen molar-refractivity contribution in [2.45, 2.75) is 13.3 Å². The second kappa shape index (κ2) is 6.11. The highest BCUT2D eigenvalue weighted by Gasteiger charge is 2.17. The molecule has 1 unspecified atom stereocenters. The summed E-state index contributed by atoms with van der Waals surface area (Å²) >= 11 is 3.19. The summed E-state index contributed by atoms with van der Waals surface area (Å²) in [6, 6.07) is 4.10. The highest BCUT2D eigenvalue weighted by molar-refractivity contribution is 9.10. The summed E-state index contributed by atoms with van der Waals surface area (Å²) in [6.45, 7) is 2.39. The quantitative estimate of drug-likeness (QED) is 0.776. The fourth-order valence-corrected chi connectivity index (χ4v) is 1.93. The predicted molar refractivity (Wildman–Crippen MR) is 64.1 cm³/mol. The van der Waals surface area contributed by atoms with Gasteiger partial charge in [-0.15, -0.1) is 0 Å². The van der Waals surface area contributed by atoms with Gasteiger partial charge in [-0.3, -0.25) is 4.79 Å². The molecular formula is C12H14BrFO2. The number of carbonyl (C=O) groups excluding carboxylic acids is 1. The van der Waals surface area contributed by atoms with E-state index in [0.717, 1.165) is 0 Å². The maximum Gasteiger partial charge on any atom is 0.166 e. The van der Waals surface area contributed by atoms with Crippen molar-refractivity contribution in [1.82, 2.24) is 0 Å². The topological polar surface area (TPSA) is 26.3 Å². The number of hydrogen-bond acceptors (Lipinski definition) is 2. The van der Waals surface area contributed by atoms with Gasteiger partial charge in [0.1, 0.15) is 5.82 Å². The molecule has 88 valence electrons. The van der Waals surface area contributed by atoms with E-state index in [1.807, 2.05) is 6.92 Å². The van der Waals surface area contributed by atoms with Gasteiger partial charge in [-0.1, -0.05) is 6.92 Å². The number of rotatable bonds is 5. The van der Waals surface area contributed by atoms with Crippen LogP contribution in [0.2, 0.25) is 0 Å². The summed E-state index contributed by atoms with van der Waals surface area (Å²) in [7, 11) is 1.60. The molecule has 0 saturated carbocycles. The third kappa shape index (κ3) is 3.39. The minimum absolute atomic E-state index is 0.00363. The lowest BCUT2D eigenvalue weighted by molar-refractivity contribution is 0.0893. The molecule has 1 atom stereocenters. The first-order chi connectivity index (χ1) is 7.56. The summed E-state index contributed by atoms with van der Waals surface area (Å²) in [4.78, 5) is 12.0. The molecule has 0 radical (unpaired) electrons. The standard InChI is InChI=1S/C12H14BrFO2/c1-8(5-6-16-2)12(15)10-4-3-9(14)7-11(10)13/h3-4,7-8H,5-6H2,1-2H3. The Morgan fingerprint density at radius 3 is 2.81 bits per heavy atom. The number of hydrogen-bond donors (Lipinski definition) is 0. The first-order valence-electron chi connectivity index (χ1n) is 5.04. The highest BCUT2D eigenvalue weighted by Crippen LogP contribution is 2.22. The van der Waals surface area contributed by atoms with E-state index in [1.165, 1.54) is 18.2 Å². The van der Waals surface area contributed by atoms with Gasteiger partial charge in [-0.05, 0) is 40.5 Å². The number of methoxy groups -OCH3 is 1. The van der Waals surface area contributed by atoms with Crippen LogP contribution in [0.25, 0.3) is 0 Å². The van der Waals surface area contributed by atoms with Crippen LogP contribution in [0, 0.1) is 11.7 Å². The molecule has 1 aromatic rings. The molecule has 0 aliphatic heterocycles. The number of ether oxygens (including phenoxy) is 1. The average Bonchev–Trinajstić information content (AvgIpc) is 2.25. The maximum absolute atomic E-state index is 12.9. The summed E-state index contributed by atoms with van der Waals surface area (Å²) in [5.41, 5.74) is 0.519. The Labute approximate surface area is 103 Å². The Balaban J connectivity index is 2.79. The van der Waals surface area contributed by atoms with Crippen LogP contribution in [0.4, 0.5) is 4.39 Å². The Bertz CT molecular complexity index is 379. The van der Waals surface area contributed by atoms with Crippen molar-refractivity contribution in [3.8, 4) is 0 Å². The van der Waals surface area contributed by atoms with Crippen molar-refractivity contribution in [3.05, 3.63) is 34.1 Å². The Hall–Kier alpha value is -0.740. The van der Waals surface area contributed by atoms with Crippen LogP contribution in [0.15, 0.2) is 22.7 Å². The summed E-state index contributed by atoms with van der Waals surface area (Å²) in [5.74, 6) is -0.474. The number of halogens is 2. The molecule has 0 aromatic heterocycles. The molecule has 1 aromatic carbocycles. The smallest absolute Gasteiger partial charge is 0.166 e. The molecule has 2 nitrogen and oxygen atoms in total. The largest absolute Gasteiger partial charge is 0.385 e. The predicted octanol–water partition coefficient (Wildman–Crippen LogP) is 3.44. The van der Waals surface area contributed by atoms with Gasteiger partial charge in [0.05, 0.1) is 0 Å². The van der Waals surface area contributed by atoms with E-state index in [0.29, 0.717) is 23.1 Å². The lowest BCUT2D eigenvalue weighted by Gasteiger charge is -2.11. The van der Waals surface area contributed by atoms with Crippen LogP contribution in [-0.2, 0) is 4.74 Å². The van der Waals surface area contributed by atoms with Crippen LogP contribution >= 0.6 is 15.9 Å². The van der Waals surface area contributed by atoms with E-state index in [9.17, 15) is 9.18 Å². The average molecular weight is 289 g/mol. The van der Waals surface area contributed by atoms with Gasteiger partial charge in [0, 0.05) is 29.7 Å². The van der Waals surface area contributed by atoms with Gasteiger partial charge in [-0.25, -0.2) is 4.39 Å². The van der Waals surface area contributed by atoms with E-state index >= 15 is 0 Å². The minimum atomic E-state index is -0.354. The molecule has 16 heavy (non-hydrogen) atoms. The van der Waals surface area contributed by atoms with E-state index in [2.05, 4.69) is 15.9 Å². The van der Waals surface area contributed by atoms with Crippen molar-refractivity contribution in [2.24, 2.45) is 5.92 Å². The molecule has 4 heteroatoms. The van der Waals surface area contributed by atoms with E-state index < -0.39 is 0 Å². The van der Waals surface area contributed by atoms with Crippen molar-refractivity contribution < 1.29 is 13.9 Å². The molecule has 0 aliphatic carbocycles. The third-order valence-corrected chi connectivity index (χ3v) is 3.06. The van der Waals surface area contributed by atoms with Crippen LogP contribution in [0.1, 0.15) is 23.7 Å². The molecule has 0 aliphatic rings. The first-order valence-corrected chi connectivity index (χ1v) is 5.83.